The SMILES string of the molecule is CCC(CC)(C(=O)[O-])C(S)C(=O)[O-]. The van der Waals surface area contributed by atoms with Crippen molar-refractivity contribution in [3.63, 3.8) is 0 Å². The average molecular weight is 204 g/mol. The highest BCUT2D eigenvalue weighted by Crippen LogP contribution is 2.33. The van der Waals surface area contributed by atoms with E-state index in [1.54, 1.807) is 13.8 Å². The van der Waals surface area contributed by atoms with Crippen molar-refractivity contribution in [2.75, 3.05) is 0 Å². The molecule has 0 aromatic rings. The molecule has 1 unspecified atom stereocenters. The largest absolute Gasteiger partial charge is 0.550 e. The Bertz CT molecular complexity index is 210. The second kappa shape index (κ2) is 4.50. The second-order valence-corrected chi connectivity index (χ2v) is 3.39. The molecule has 0 radical (unpaired) electrons. The molecule has 13 heavy (non-hydrogen) atoms. The van der Waals surface area contributed by atoms with Crippen LogP contribution in [0.5, 0.6) is 0 Å². The molecule has 76 valence electrons. The Labute approximate surface area is 82.4 Å². The van der Waals surface area contributed by atoms with Gasteiger partial charge in [0.15, 0.2) is 0 Å². The van der Waals surface area contributed by atoms with Gasteiger partial charge in [-0.3, -0.25) is 0 Å². The zero-order chi connectivity index (χ0) is 10.6. The lowest BCUT2D eigenvalue weighted by molar-refractivity contribution is -0.327. The van der Waals surface area contributed by atoms with E-state index in [-0.39, 0.29) is 12.8 Å². The topological polar surface area (TPSA) is 80.3 Å². The van der Waals surface area contributed by atoms with Gasteiger partial charge in [0.05, 0.1) is 11.2 Å². The summed E-state index contributed by atoms with van der Waals surface area (Å²) in [4.78, 5) is 21.3. The van der Waals surface area contributed by atoms with E-state index in [9.17, 15) is 19.8 Å². The molecule has 1 atom stereocenters. The van der Waals surface area contributed by atoms with Crippen LogP contribution < -0.4 is 10.2 Å². The maximum absolute atomic E-state index is 10.8. The molecule has 4 nitrogen and oxygen atoms in total. The third kappa shape index (κ3) is 2.15. The summed E-state index contributed by atoms with van der Waals surface area (Å²) in [6.07, 6.45) is 0.321. The Morgan fingerprint density at radius 1 is 1.31 bits per heavy atom. The zero-order valence-electron chi connectivity index (χ0n) is 7.57. The van der Waals surface area contributed by atoms with Crippen LogP contribution in [0.25, 0.3) is 0 Å². The van der Waals surface area contributed by atoms with E-state index in [1.807, 2.05) is 0 Å². The number of thiol groups is 1. The van der Waals surface area contributed by atoms with Crippen LogP contribution in [0.4, 0.5) is 0 Å². The number of carbonyl (C=O) groups is 2. The van der Waals surface area contributed by atoms with E-state index >= 15 is 0 Å². The fraction of sp³-hybridized carbons (Fsp3) is 0.750. The summed E-state index contributed by atoms with van der Waals surface area (Å²) in [5.74, 6) is -2.86. The Morgan fingerprint density at radius 3 is 1.77 bits per heavy atom. The first-order valence-electron chi connectivity index (χ1n) is 4.02. The Morgan fingerprint density at radius 2 is 1.69 bits per heavy atom. The summed E-state index contributed by atoms with van der Waals surface area (Å²) in [5, 5.41) is 19.9. The molecule has 0 aliphatic heterocycles. The quantitative estimate of drug-likeness (QED) is 0.558. The molecule has 0 aliphatic carbocycles. The van der Waals surface area contributed by atoms with Gasteiger partial charge in [-0.25, -0.2) is 0 Å². The Kier molecular flexibility index (Phi) is 4.26. The highest BCUT2D eigenvalue weighted by molar-refractivity contribution is 7.81. The molecule has 0 bridgehead atoms. The number of rotatable bonds is 5. The molecular formula is C8H12O4S-2. The third-order valence-electron chi connectivity index (χ3n) is 2.42. The van der Waals surface area contributed by atoms with E-state index in [0.29, 0.717) is 0 Å². The average Bonchev–Trinajstić information content (AvgIpc) is 2.06. The molecule has 0 aromatic carbocycles. The molecular weight excluding hydrogens is 192 g/mol. The Hall–Kier alpha value is -0.710. The van der Waals surface area contributed by atoms with Crippen molar-refractivity contribution in [1.29, 1.82) is 0 Å². The van der Waals surface area contributed by atoms with E-state index in [4.69, 9.17) is 0 Å². The van der Waals surface area contributed by atoms with Crippen molar-refractivity contribution in [3.05, 3.63) is 0 Å². The highest BCUT2D eigenvalue weighted by atomic mass is 32.1. The van der Waals surface area contributed by atoms with Crippen LogP contribution in [0.15, 0.2) is 0 Å². The predicted molar refractivity (Wildman–Crippen MR) is 45.8 cm³/mol. The lowest BCUT2D eigenvalue weighted by atomic mass is 9.79. The van der Waals surface area contributed by atoms with Gasteiger partial charge in [0.25, 0.3) is 0 Å². The number of carboxylic acids is 2. The molecule has 0 fully saturated rings. The number of carbonyl (C=O) groups excluding carboxylic acids is 2. The van der Waals surface area contributed by atoms with Crippen LogP contribution in [0.3, 0.4) is 0 Å². The number of hydrogen-bond acceptors (Lipinski definition) is 5. The first-order valence-corrected chi connectivity index (χ1v) is 4.54. The monoisotopic (exact) mass is 204 g/mol. The molecule has 0 spiro atoms. The summed E-state index contributed by atoms with van der Waals surface area (Å²) in [7, 11) is 0. The Balaban J connectivity index is 4.97. The zero-order valence-corrected chi connectivity index (χ0v) is 8.47. The predicted octanol–water partition coefficient (Wildman–Crippen LogP) is -1.41. The summed E-state index contributed by atoms with van der Waals surface area (Å²) in [6.45, 7) is 3.18. The molecule has 0 saturated heterocycles. The van der Waals surface area contributed by atoms with Gasteiger partial charge in [0.2, 0.25) is 0 Å². The summed E-state index contributed by atoms with van der Waals surface area (Å²) in [6, 6.07) is 0. The number of carboxylic acid groups (broad SMARTS) is 2. The standard InChI is InChI=1S/C8H14O4S/c1-3-8(4-2,7(11)12)5(13)6(9)10/h5,13H,3-4H2,1-2H3,(H,9,10)(H,11,12)/p-2. The van der Waals surface area contributed by atoms with Crippen LogP contribution in [0, 0.1) is 5.41 Å². The molecule has 0 aromatic heterocycles. The lowest BCUT2D eigenvalue weighted by Crippen LogP contribution is -2.53. The van der Waals surface area contributed by atoms with E-state index in [0.717, 1.165) is 0 Å². The minimum absolute atomic E-state index is 0.161. The van der Waals surface area contributed by atoms with Crippen LogP contribution in [0.1, 0.15) is 26.7 Å². The first kappa shape index (κ1) is 12.3. The van der Waals surface area contributed by atoms with Crippen molar-refractivity contribution in [2.24, 2.45) is 5.41 Å². The minimum atomic E-state index is -1.48. The molecule has 0 amide bonds. The maximum Gasteiger partial charge on any atom is 0.0551 e. The summed E-state index contributed by atoms with van der Waals surface area (Å²) >= 11 is 3.72. The van der Waals surface area contributed by atoms with E-state index in [1.165, 1.54) is 0 Å². The van der Waals surface area contributed by atoms with Gasteiger partial charge in [-0.15, -0.1) is 0 Å². The summed E-state index contributed by atoms with van der Waals surface area (Å²) in [5.41, 5.74) is -1.43. The smallest absolute Gasteiger partial charge is 0.0551 e. The fourth-order valence-corrected chi connectivity index (χ4v) is 1.73. The van der Waals surface area contributed by atoms with Crippen LogP contribution in [-0.4, -0.2) is 17.2 Å². The molecule has 0 saturated carbocycles. The van der Waals surface area contributed by atoms with E-state index in [2.05, 4.69) is 12.6 Å². The van der Waals surface area contributed by atoms with Crippen molar-refractivity contribution >= 4 is 24.6 Å². The fourth-order valence-electron chi connectivity index (χ4n) is 1.26. The van der Waals surface area contributed by atoms with Gasteiger partial charge >= 0.3 is 0 Å². The summed E-state index contributed by atoms with van der Waals surface area (Å²) < 4.78 is 0. The number of aliphatic carboxylic acids is 2. The molecule has 5 heteroatoms. The van der Waals surface area contributed by atoms with E-state index < -0.39 is 22.6 Å². The van der Waals surface area contributed by atoms with Crippen molar-refractivity contribution in [2.45, 2.75) is 31.9 Å². The van der Waals surface area contributed by atoms with Crippen LogP contribution in [-0.2, 0) is 9.59 Å². The van der Waals surface area contributed by atoms with Gasteiger partial charge in [-0.1, -0.05) is 13.8 Å². The molecule has 0 N–H and O–H groups in total. The van der Waals surface area contributed by atoms with Crippen molar-refractivity contribution in [1.82, 2.24) is 0 Å². The van der Waals surface area contributed by atoms with Gasteiger partial charge in [0.1, 0.15) is 0 Å². The second-order valence-electron chi connectivity index (χ2n) is 2.87. The highest BCUT2D eigenvalue weighted by Gasteiger charge is 2.35. The van der Waals surface area contributed by atoms with Crippen LogP contribution >= 0.6 is 12.6 Å². The molecule has 0 aliphatic rings. The molecule has 0 rings (SSSR count). The first-order chi connectivity index (χ1) is 5.92. The van der Waals surface area contributed by atoms with Crippen LogP contribution in [0.2, 0.25) is 0 Å². The lowest BCUT2D eigenvalue weighted by Gasteiger charge is -2.38. The normalized spacial score (nSPS) is 13.8. The van der Waals surface area contributed by atoms with Crippen molar-refractivity contribution < 1.29 is 19.8 Å². The van der Waals surface area contributed by atoms with Crippen molar-refractivity contribution in [3.8, 4) is 0 Å². The maximum atomic E-state index is 10.8. The number of hydrogen-bond donors (Lipinski definition) is 1. The van der Waals surface area contributed by atoms with Gasteiger partial charge in [-0.2, -0.15) is 12.6 Å². The minimum Gasteiger partial charge on any atom is -0.550 e. The van der Waals surface area contributed by atoms with Gasteiger partial charge in [-0.05, 0) is 12.8 Å². The third-order valence-corrected chi connectivity index (χ3v) is 3.12. The van der Waals surface area contributed by atoms with Gasteiger partial charge < -0.3 is 19.8 Å². The molecule has 0 heterocycles. The van der Waals surface area contributed by atoms with Gasteiger partial charge in [0, 0.05) is 11.4 Å².